The van der Waals surface area contributed by atoms with Gasteiger partial charge in [0.1, 0.15) is 18.0 Å². The van der Waals surface area contributed by atoms with Crippen LogP contribution in [0.3, 0.4) is 0 Å². The van der Waals surface area contributed by atoms with Crippen LogP contribution in [-0.4, -0.2) is 40.9 Å². The molecule has 1 aliphatic rings. The first kappa shape index (κ1) is 26.3. The van der Waals surface area contributed by atoms with E-state index in [9.17, 15) is 18.8 Å². The van der Waals surface area contributed by atoms with Gasteiger partial charge in [-0.05, 0) is 93.2 Å². The summed E-state index contributed by atoms with van der Waals surface area (Å²) in [5.74, 6) is -0.950. The highest BCUT2D eigenvalue weighted by Crippen LogP contribution is 2.34. The number of aromatic nitrogens is 1. The minimum absolute atomic E-state index is 0.0632. The first-order valence-electron chi connectivity index (χ1n) is 12.7. The van der Waals surface area contributed by atoms with E-state index in [1.807, 2.05) is 24.0 Å². The van der Waals surface area contributed by atoms with E-state index >= 15 is 0 Å². The van der Waals surface area contributed by atoms with E-state index in [2.05, 4.69) is 22.8 Å². The van der Waals surface area contributed by atoms with Crippen molar-refractivity contribution in [3.05, 3.63) is 88.0 Å². The van der Waals surface area contributed by atoms with E-state index in [1.165, 1.54) is 28.3 Å². The first-order chi connectivity index (χ1) is 17.8. The molecule has 194 valence electrons. The maximum atomic E-state index is 13.7. The fourth-order valence-corrected chi connectivity index (χ4v) is 4.92. The molecule has 0 spiro atoms. The van der Waals surface area contributed by atoms with Gasteiger partial charge in [-0.3, -0.25) is 19.0 Å². The molecule has 7 nitrogen and oxygen atoms in total. The number of amides is 2. The molecule has 0 saturated heterocycles. The Labute approximate surface area is 216 Å². The molecule has 2 atom stereocenters. The third-order valence-electron chi connectivity index (χ3n) is 7.07. The van der Waals surface area contributed by atoms with Crippen LogP contribution in [-0.2, 0) is 22.6 Å². The van der Waals surface area contributed by atoms with Crippen molar-refractivity contribution in [2.45, 2.75) is 51.7 Å². The zero-order valence-corrected chi connectivity index (χ0v) is 21.5. The smallest absolute Gasteiger partial charge is 0.275 e. The highest BCUT2D eigenvalue weighted by molar-refractivity contribution is 5.94. The van der Waals surface area contributed by atoms with Gasteiger partial charge in [-0.2, -0.15) is 0 Å². The average molecular weight is 505 g/mol. The minimum Gasteiger partial charge on any atom is -0.334 e. The van der Waals surface area contributed by atoms with Crippen LogP contribution in [0.1, 0.15) is 43.9 Å². The quantitative estimate of drug-likeness (QED) is 0.483. The number of benzene rings is 2. The van der Waals surface area contributed by atoms with Crippen LogP contribution in [0.5, 0.6) is 0 Å². The van der Waals surface area contributed by atoms with Crippen molar-refractivity contribution in [3.63, 3.8) is 0 Å². The molecule has 2 aromatic carbocycles. The average Bonchev–Trinajstić information content (AvgIpc) is 2.91. The summed E-state index contributed by atoms with van der Waals surface area (Å²) in [5, 5.41) is 5.51. The van der Waals surface area contributed by atoms with E-state index in [1.54, 1.807) is 32.2 Å². The monoisotopic (exact) mass is 504 g/mol. The summed E-state index contributed by atoms with van der Waals surface area (Å²) in [5.41, 5.74) is 3.05. The lowest BCUT2D eigenvalue weighted by molar-refractivity contribution is -0.134. The maximum absolute atomic E-state index is 13.7. The maximum Gasteiger partial charge on any atom is 0.275 e. The molecule has 2 amide bonds. The van der Waals surface area contributed by atoms with Gasteiger partial charge in [0.25, 0.3) is 5.56 Å². The fourth-order valence-electron chi connectivity index (χ4n) is 4.92. The van der Waals surface area contributed by atoms with E-state index in [4.69, 9.17) is 0 Å². The van der Waals surface area contributed by atoms with Gasteiger partial charge in [0.15, 0.2) is 0 Å². The van der Waals surface area contributed by atoms with Crippen molar-refractivity contribution >= 4 is 17.5 Å². The van der Waals surface area contributed by atoms with Crippen LogP contribution >= 0.6 is 0 Å². The normalized spacial score (nSPS) is 15.5. The summed E-state index contributed by atoms with van der Waals surface area (Å²) in [7, 11) is 1.65. The summed E-state index contributed by atoms with van der Waals surface area (Å²) in [6.07, 6.45) is 2.82. The first-order valence-corrected chi connectivity index (χ1v) is 12.7. The number of aryl methyl sites for hydroxylation is 1. The molecule has 0 fully saturated rings. The second-order valence-electron chi connectivity index (χ2n) is 9.32. The Morgan fingerprint density at radius 1 is 1.11 bits per heavy atom. The Hall–Kier alpha value is -3.78. The Balaban J connectivity index is 1.72. The Bertz CT molecular complexity index is 1340. The Morgan fingerprint density at radius 2 is 1.84 bits per heavy atom. The zero-order valence-electron chi connectivity index (χ0n) is 21.5. The molecule has 1 aromatic heterocycles. The topological polar surface area (TPSA) is 83.4 Å². The Kier molecular flexibility index (Phi) is 8.18. The summed E-state index contributed by atoms with van der Waals surface area (Å²) in [6, 6.07) is 16.6. The number of carbonyl (C=O) groups is 2. The van der Waals surface area contributed by atoms with Crippen LogP contribution in [0, 0.1) is 5.82 Å². The number of nitrogens with one attached hydrogen (secondary N) is 2. The lowest BCUT2D eigenvalue weighted by Crippen LogP contribution is -2.41. The standard InChI is InChI=1S/C29H33FN4O3/c1-4-33(26-11-7-9-20-8-5-6-10-23(20)26)27(35)18-34-25(21-12-14-22(30)15-13-21)17-16-24(29(34)37)32-28(36)19(2)31-3/h5-6,8,10,12-17,19,26,31H,4,7,9,11,18H2,1-3H3,(H,32,36)/t19-,26?/m0/s1. The molecule has 1 heterocycles. The van der Waals surface area contributed by atoms with Gasteiger partial charge >= 0.3 is 0 Å². The number of hydrogen-bond donors (Lipinski definition) is 2. The highest BCUT2D eigenvalue weighted by Gasteiger charge is 2.29. The van der Waals surface area contributed by atoms with Gasteiger partial charge < -0.3 is 15.5 Å². The lowest BCUT2D eigenvalue weighted by Gasteiger charge is -2.35. The molecule has 0 radical (unpaired) electrons. The van der Waals surface area contributed by atoms with Crippen LogP contribution in [0.25, 0.3) is 11.3 Å². The highest BCUT2D eigenvalue weighted by atomic mass is 19.1. The summed E-state index contributed by atoms with van der Waals surface area (Å²) < 4.78 is 15.0. The van der Waals surface area contributed by atoms with Crippen molar-refractivity contribution < 1.29 is 14.0 Å². The van der Waals surface area contributed by atoms with Crippen LogP contribution in [0.15, 0.2) is 65.5 Å². The second kappa shape index (κ2) is 11.5. The van der Waals surface area contributed by atoms with E-state index in [-0.39, 0.29) is 30.1 Å². The molecular weight excluding hydrogens is 471 g/mol. The minimum atomic E-state index is -0.506. The molecule has 37 heavy (non-hydrogen) atoms. The molecule has 1 aliphatic carbocycles. The Morgan fingerprint density at radius 3 is 2.54 bits per heavy atom. The predicted octanol–water partition coefficient (Wildman–Crippen LogP) is 4.13. The van der Waals surface area contributed by atoms with Crippen molar-refractivity contribution in [1.29, 1.82) is 0 Å². The molecule has 0 aliphatic heterocycles. The summed E-state index contributed by atoms with van der Waals surface area (Å²) in [4.78, 5) is 41.6. The number of anilines is 1. The predicted molar refractivity (Wildman–Crippen MR) is 143 cm³/mol. The van der Waals surface area contributed by atoms with E-state index < -0.39 is 17.4 Å². The second-order valence-corrected chi connectivity index (χ2v) is 9.32. The molecule has 8 heteroatoms. The summed E-state index contributed by atoms with van der Waals surface area (Å²) >= 11 is 0. The molecular formula is C29H33FN4O3. The number of nitrogens with zero attached hydrogens (tertiary/aromatic N) is 2. The largest absolute Gasteiger partial charge is 0.334 e. The number of halogens is 1. The number of hydrogen-bond acceptors (Lipinski definition) is 4. The van der Waals surface area contributed by atoms with Gasteiger partial charge in [-0.15, -0.1) is 0 Å². The van der Waals surface area contributed by atoms with Gasteiger partial charge in [-0.1, -0.05) is 24.3 Å². The van der Waals surface area contributed by atoms with Crippen molar-refractivity contribution in [2.75, 3.05) is 18.9 Å². The molecule has 3 aromatic rings. The zero-order chi connectivity index (χ0) is 26.5. The molecule has 1 unspecified atom stereocenters. The molecule has 0 saturated carbocycles. The summed E-state index contributed by atoms with van der Waals surface area (Å²) in [6.45, 7) is 3.91. The number of fused-ring (bicyclic) bond motifs is 1. The van der Waals surface area contributed by atoms with Crippen molar-refractivity contribution in [2.24, 2.45) is 0 Å². The third kappa shape index (κ3) is 5.64. The van der Waals surface area contributed by atoms with Crippen LogP contribution < -0.4 is 16.2 Å². The number of pyridine rings is 1. The van der Waals surface area contributed by atoms with Gasteiger partial charge in [0.05, 0.1) is 17.8 Å². The fraction of sp³-hybridized carbons (Fsp3) is 0.345. The third-order valence-corrected chi connectivity index (χ3v) is 7.07. The van der Waals surface area contributed by atoms with Gasteiger partial charge in [-0.25, -0.2) is 4.39 Å². The van der Waals surface area contributed by atoms with Crippen LogP contribution in [0.2, 0.25) is 0 Å². The number of carbonyl (C=O) groups excluding carboxylic acids is 2. The van der Waals surface area contributed by atoms with Crippen LogP contribution in [0.4, 0.5) is 10.1 Å². The van der Waals surface area contributed by atoms with Gasteiger partial charge in [0, 0.05) is 6.54 Å². The lowest BCUT2D eigenvalue weighted by atomic mass is 9.86. The number of likely N-dealkylation sites (N-methyl/N-ethyl adjacent to an activating group) is 2. The SMILES string of the molecule is CCN(C(=O)Cn1c(-c2ccc(F)cc2)ccc(NC(=O)[C@H](C)NC)c1=O)C1CCCc2ccccc21. The van der Waals surface area contributed by atoms with E-state index in [0.717, 1.165) is 24.8 Å². The van der Waals surface area contributed by atoms with E-state index in [0.29, 0.717) is 17.8 Å². The van der Waals surface area contributed by atoms with Gasteiger partial charge in [0.2, 0.25) is 11.8 Å². The van der Waals surface area contributed by atoms with Crippen molar-refractivity contribution in [3.8, 4) is 11.3 Å². The van der Waals surface area contributed by atoms with Crippen molar-refractivity contribution in [1.82, 2.24) is 14.8 Å². The molecule has 4 rings (SSSR count). The molecule has 0 bridgehead atoms. The number of rotatable bonds is 8. The molecule has 2 N–H and O–H groups in total.